The molecule has 3 N–H and O–H groups in total. The predicted molar refractivity (Wildman–Crippen MR) is 109 cm³/mol. The van der Waals surface area contributed by atoms with Crippen molar-refractivity contribution in [2.24, 2.45) is 0 Å². The molecule has 5 rings (SSSR count). The minimum Gasteiger partial charge on any atom is -0.484 e. The van der Waals surface area contributed by atoms with Crippen LogP contribution in [0.1, 0.15) is 32.1 Å². The first-order chi connectivity index (χ1) is 14.7. The van der Waals surface area contributed by atoms with Crippen molar-refractivity contribution >= 4 is 35.0 Å². The number of piperidine rings is 1. The number of hydrogen-bond acceptors (Lipinski definition) is 5. The van der Waals surface area contributed by atoms with Crippen molar-refractivity contribution in [1.82, 2.24) is 16.0 Å². The van der Waals surface area contributed by atoms with E-state index >= 15 is 0 Å². The number of benzene rings is 1. The first-order valence-electron chi connectivity index (χ1n) is 10.1. The molecule has 2 amide bonds. The van der Waals surface area contributed by atoms with Gasteiger partial charge in [0.05, 0.1) is 22.2 Å². The molecule has 31 heavy (non-hydrogen) atoms. The Balaban J connectivity index is 1.19. The van der Waals surface area contributed by atoms with E-state index in [1.54, 1.807) is 18.2 Å². The largest absolute Gasteiger partial charge is 0.484 e. The van der Waals surface area contributed by atoms with Gasteiger partial charge in [-0.3, -0.25) is 9.59 Å². The van der Waals surface area contributed by atoms with Crippen LogP contribution < -0.4 is 20.7 Å². The summed E-state index contributed by atoms with van der Waals surface area (Å²) in [5.41, 5.74) is -0.667. The van der Waals surface area contributed by atoms with E-state index in [-0.39, 0.29) is 35.9 Å². The van der Waals surface area contributed by atoms with Gasteiger partial charge in [-0.25, -0.2) is 0 Å². The zero-order valence-corrected chi connectivity index (χ0v) is 18.1. The summed E-state index contributed by atoms with van der Waals surface area (Å²) in [5.74, 6) is -0.0308. The van der Waals surface area contributed by atoms with Gasteiger partial charge in [-0.1, -0.05) is 23.2 Å². The Hall–Kier alpha value is -1.68. The van der Waals surface area contributed by atoms with Crippen LogP contribution in [0, 0.1) is 0 Å². The summed E-state index contributed by atoms with van der Waals surface area (Å²) in [6.45, 7) is -2.55. The Labute approximate surface area is 188 Å². The molecule has 0 aromatic heterocycles. The Morgan fingerprint density at radius 2 is 1.87 bits per heavy atom. The maximum Gasteiger partial charge on any atom is 0.345 e. The van der Waals surface area contributed by atoms with Gasteiger partial charge in [0.1, 0.15) is 5.75 Å². The van der Waals surface area contributed by atoms with E-state index < -0.39 is 18.8 Å². The van der Waals surface area contributed by atoms with E-state index in [0.717, 1.165) is 0 Å². The van der Waals surface area contributed by atoms with Crippen LogP contribution in [-0.4, -0.2) is 54.8 Å². The fourth-order valence-electron chi connectivity index (χ4n) is 4.80. The third-order valence-electron chi connectivity index (χ3n) is 6.05. The van der Waals surface area contributed by atoms with Gasteiger partial charge in [0.25, 0.3) is 5.91 Å². The molecule has 2 atom stereocenters. The number of rotatable bonds is 8. The van der Waals surface area contributed by atoms with Crippen LogP contribution in [0.25, 0.3) is 0 Å². The predicted octanol–water partition coefficient (Wildman–Crippen LogP) is 2.64. The topological polar surface area (TPSA) is 88.7 Å². The first kappa shape index (κ1) is 22.5. The average molecular weight is 478 g/mol. The van der Waals surface area contributed by atoms with E-state index in [0.29, 0.717) is 48.0 Å². The van der Waals surface area contributed by atoms with Crippen molar-refractivity contribution in [3.8, 4) is 5.75 Å². The highest BCUT2D eigenvalue weighted by molar-refractivity contribution is 6.42. The number of carbonyl (C=O) groups excluding carboxylic acids is 2. The second-order valence-electron chi connectivity index (χ2n) is 8.54. The van der Waals surface area contributed by atoms with Crippen LogP contribution in [0.3, 0.4) is 0 Å². The van der Waals surface area contributed by atoms with Crippen molar-refractivity contribution in [3.05, 3.63) is 28.2 Å². The highest BCUT2D eigenvalue weighted by atomic mass is 35.5. The highest BCUT2D eigenvalue weighted by Crippen LogP contribution is 2.60. The fourth-order valence-corrected chi connectivity index (χ4v) is 5.09. The molecule has 0 radical (unpaired) electrons. The smallest absolute Gasteiger partial charge is 0.345 e. The molecule has 4 aliphatic rings. The van der Waals surface area contributed by atoms with E-state index in [9.17, 15) is 18.4 Å². The van der Waals surface area contributed by atoms with Crippen LogP contribution in [0.5, 0.6) is 5.75 Å². The molecule has 1 aromatic carbocycles. The monoisotopic (exact) mass is 477 g/mol. The molecule has 170 valence electrons. The molecule has 7 nitrogen and oxygen atoms in total. The number of alkyl halides is 2. The maximum atomic E-state index is 12.6. The SMILES string of the molecule is O=C(COc1ccc(Cl)c(Cl)c1)NC12CC(NC(=O)C3CC(OC(F)F)CCN3)(C1)C2. The molecule has 1 aromatic rings. The van der Waals surface area contributed by atoms with Gasteiger partial charge < -0.3 is 25.4 Å². The molecule has 1 aliphatic heterocycles. The van der Waals surface area contributed by atoms with Gasteiger partial charge >= 0.3 is 6.61 Å². The summed E-state index contributed by atoms with van der Waals surface area (Å²) < 4.78 is 34.8. The molecule has 1 heterocycles. The van der Waals surface area contributed by atoms with Crippen molar-refractivity contribution in [2.75, 3.05) is 13.2 Å². The van der Waals surface area contributed by atoms with E-state index in [4.69, 9.17) is 27.9 Å². The van der Waals surface area contributed by atoms with Gasteiger partial charge in [0.15, 0.2) is 6.61 Å². The summed E-state index contributed by atoms with van der Waals surface area (Å²) in [6.07, 6.45) is 1.92. The Kier molecular flexibility index (Phi) is 6.31. The lowest BCUT2D eigenvalue weighted by Gasteiger charge is -2.70. The molecule has 2 unspecified atom stereocenters. The minimum absolute atomic E-state index is 0.156. The number of hydrogen-bond donors (Lipinski definition) is 3. The van der Waals surface area contributed by atoms with Gasteiger partial charge in [0.2, 0.25) is 5.91 Å². The van der Waals surface area contributed by atoms with Crippen LogP contribution in [0.2, 0.25) is 10.0 Å². The molecule has 4 fully saturated rings. The quantitative estimate of drug-likeness (QED) is 0.535. The number of nitrogens with one attached hydrogen (secondary N) is 3. The fraction of sp³-hybridized carbons (Fsp3) is 0.600. The highest BCUT2D eigenvalue weighted by Gasteiger charge is 2.69. The number of carbonyl (C=O) groups is 2. The summed E-state index contributed by atoms with van der Waals surface area (Å²) >= 11 is 11.8. The van der Waals surface area contributed by atoms with Crippen molar-refractivity contribution < 1.29 is 27.8 Å². The summed E-state index contributed by atoms with van der Waals surface area (Å²) in [7, 11) is 0. The molecule has 2 bridgehead atoms. The minimum atomic E-state index is -2.84. The lowest BCUT2D eigenvalue weighted by molar-refractivity contribution is -0.174. The van der Waals surface area contributed by atoms with Gasteiger partial charge in [-0.15, -0.1) is 0 Å². The Morgan fingerprint density at radius 3 is 2.55 bits per heavy atom. The van der Waals surface area contributed by atoms with Crippen LogP contribution in [0.15, 0.2) is 18.2 Å². The average Bonchev–Trinajstić information content (AvgIpc) is 2.66. The van der Waals surface area contributed by atoms with Crippen molar-refractivity contribution in [2.45, 2.75) is 61.9 Å². The normalized spacial score (nSPS) is 31.4. The van der Waals surface area contributed by atoms with Gasteiger partial charge in [0, 0.05) is 17.1 Å². The molecule has 11 heteroatoms. The van der Waals surface area contributed by atoms with Crippen LogP contribution in [0.4, 0.5) is 8.78 Å². The molecular formula is C20H23Cl2F2N3O4. The van der Waals surface area contributed by atoms with Crippen LogP contribution >= 0.6 is 23.2 Å². The third kappa shape index (κ3) is 5.05. The molecule has 1 saturated heterocycles. The molecule has 3 saturated carbocycles. The number of amides is 2. The van der Waals surface area contributed by atoms with E-state index in [1.807, 2.05) is 0 Å². The number of halogens is 4. The van der Waals surface area contributed by atoms with Crippen molar-refractivity contribution in [1.29, 1.82) is 0 Å². The number of ether oxygens (including phenoxy) is 2. The van der Waals surface area contributed by atoms with E-state index in [1.165, 1.54) is 0 Å². The molecule has 3 aliphatic carbocycles. The standard InChI is InChI=1S/C20H23Cl2F2N3O4/c21-13-2-1-11(5-14(13)22)30-7-16(28)26-19-8-20(9-19,10-19)27-17(29)15-6-12(3-4-25-15)31-18(23)24/h1-2,5,12,15,18,25H,3-4,6-10H2,(H,26,28)(H,27,29). The first-order valence-corrected chi connectivity index (χ1v) is 10.8. The van der Waals surface area contributed by atoms with Gasteiger partial charge in [-0.05, 0) is 50.8 Å². The summed E-state index contributed by atoms with van der Waals surface area (Å²) in [6, 6.07) is 4.20. The zero-order valence-electron chi connectivity index (χ0n) is 16.6. The van der Waals surface area contributed by atoms with Crippen LogP contribution in [-0.2, 0) is 14.3 Å². The summed E-state index contributed by atoms with van der Waals surface area (Å²) in [5, 5.41) is 9.78. The lowest BCUT2D eigenvalue weighted by Crippen LogP contribution is -2.84. The van der Waals surface area contributed by atoms with Crippen molar-refractivity contribution in [3.63, 3.8) is 0 Å². The second kappa shape index (κ2) is 8.69. The van der Waals surface area contributed by atoms with E-state index in [2.05, 4.69) is 20.7 Å². The molecule has 0 spiro atoms. The lowest BCUT2D eigenvalue weighted by atomic mass is 9.44. The summed E-state index contributed by atoms with van der Waals surface area (Å²) in [4.78, 5) is 24.8. The molecular weight excluding hydrogens is 455 g/mol. The Morgan fingerprint density at radius 1 is 1.16 bits per heavy atom. The maximum absolute atomic E-state index is 12.6. The van der Waals surface area contributed by atoms with Gasteiger partial charge in [-0.2, -0.15) is 8.78 Å². The third-order valence-corrected chi connectivity index (χ3v) is 6.79. The Bertz CT molecular complexity index is 853. The zero-order chi connectivity index (χ0) is 22.2. The second-order valence-corrected chi connectivity index (χ2v) is 9.36.